The van der Waals surface area contributed by atoms with Gasteiger partial charge in [-0.1, -0.05) is 70.0 Å². The van der Waals surface area contributed by atoms with E-state index in [1.165, 1.54) is 0 Å². The van der Waals surface area contributed by atoms with Crippen LogP contribution in [0.5, 0.6) is 0 Å². The molecular formula is C19H14BrClN2O. The van der Waals surface area contributed by atoms with E-state index in [-0.39, 0.29) is 12.3 Å². The first-order chi connectivity index (χ1) is 11.6. The highest BCUT2D eigenvalue weighted by Gasteiger charge is 2.08. The van der Waals surface area contributed by atoms with Gasteiger partial charge in [-0.2, -0.15) is 5.10 Å². The Kier molecular flexibility index (Phi) is 5.28. The predicted molar refractivity (Wildman–Crippen MR) is 103 cm³/mol. The Labute approximate surface area is 153 Å². The minimum atomic E-state index is -0.166. The SMILES string of the molecule is O=C(Cc1ccc(Br)c2ccccc12)NN=Cc1cccc(Cl)c1. The second-order valence-corrected chi connectivity index (χ2v) is 6.57. The van der Waals surface area contributed by atoms with Gasteiger partial charge in [-0.25, -0.2) is 5.43 Å². The zero-order chi connectivity index (χ0) is 16.9. The summed E-state index contributed by atoms with van der Waals surface area (Å²) in [5.41, 5.74) is 4.35. The van der Waals surface area contributed by atoms with Gasteiger partial charge in [-0.15, -0.1) is 0 Å². The molecule has 5 heteroatoms. The molecule has 0 unspecified atom stereocenters. The number of benzene rings is 3. The highest BCUT2D eigenvalue weighted by molar-refractivity contribution is 9.10. The minimum Gasteiger partial charge on any atom is -0.273 e. The summed E-state index contributed by atoms with van der Waals surface area (Å²) in [5.74, 6) is -0.166. The summed E-state index contributed by atoms with van der Waals surface area (Å²) < 4.78 is 1.02. The molecule has 0 bridgehead atoms. The quantitative estimate of drug-likeness (QED) is 0.488. The van der Waals surface area contributed by atoms with Gasteiger partial charge in [0.25, 0.3) is 0 Å². The first-order valence-corrected chi connectivity index (χ1v) is 8.54. The molecule has 3 aromatic carbocycles. The maximum Gasteiger partial charge on any atom is 0.244 e. The molecule has 0 aromatic heterocycles. The zero-order valence-electron chi connectivity index (χ0n) is 12.7. The van der Waals surface area contributed by atoms with Crippen molar-refractivity contribution >= 4 is 50.4 Å². The minimum absolute atomic E-state index is 0.166. The smallest absolute Gasteiger partial charge is 0.244 e. The number of carbonyl (C=O) groups excluding carboxylic acids is 1. The van der Waals surface area contributed by atoms with Crippen molar-refractivity contribution in [3.63, 3.8) is 0 Å². The van der Waals surface area contributed by atoms with Crippen LogP contribution < -0.4 is 5.43 Å². The van der Waals surface area contributed by atoms with E-state index in [2.05, 4.69) is 26.5 Å². The number of halogens is 2. The average Bonchev–Trinajstić information content (AvgIpc) is 2.58. The van der Waals surface area contributed by atoms with Crippen molar-refractivity contribution < 1.29 is 4.79 Å². The number of hydrazone groups is 1. The van der Waals surface area contributed by atoms with E-state index < -0.39 is 0 Å². The van der Waals surface area contributed by atoms with Gasteiger partial charge in [0.05, 0.1) is 12.6 Å². The molecule has 0 fully saturated rings. The molecule has 0 spiro atoms. The molecule has 0 aliphatic carbocycles. The van der Waals surface area contributed by atoms with Crippen molar-refractivity contribution in [2.75, 3.05) is 0 Å². The Morgan fingerprint density at radius 1 is 1.08 bits per heavy atom. The first kappa shape index (κ1) is 16.7. The molecule has 24 heavy (non-hydrogen) atoms. The number of hydrogen-bond donors (Lipinski definition) is 1. The third kappa shape index (κ3) is 4.02. The first-order valence-electron chi connectivity index (χ1n) is 7.37. The molecule has 3 nitrogen and oxygen atoms in total. The van der Waals surface area contributed by atoms with Crippen molar-refractivity contribution in [2.24, 2.45) is 5.10 Å². The van der Waals surface area contributed by atoms with E-state index in [9.17, 15) is 4.79 Å². The van der Waals surface area contributed by atoms with Gasteiger partial charge in [0.2, 0.25) is 5.91 Å². The van der Waals surface area contributed by atoms with E-state index in [1.807, 2.05) is 48.5 Å². The monoisotopic (exact) mass is 400 g/mol. The highest BCUT2D eigenvalue weighted by Crippen LogP contribution is 2.27. The molecule has 0 saturated heterocycles. The van der Waals surface area contributed by atoms with Crippen LogP contribution in [0.3, 0.4) is 0 Å². The number of rotatable bonds is 4. The molecule has 1 N–H and O–H groups in total. The van der Waals surface area contributed by atoms with E-state index in [4.69, 9.17) is 11.6 Å². The lowest BCUT2D eigenvalue weighted by Gasteiger charge is -2.07. The molecule has 3 aromatic rings. The molecule has 1 amide bonds. The predicted octanol–water partition coefficient (Wildman–Crippen LogP) is 4.95. The largest absolute Gasteiger partial charge is 0.273 e. The van der Waals surface area contributed by atoms with Crippen LogP contribution in [0.15, 0.2) is 70.2 Å². The summed E-state index contributed by atoms with van der Waals surface area (Å²) >= 11 is 9.45. The number of nitrogens with zero attached hydrogens (tertiary/aromatic N) is 1. The second-order valence-electron chi connectivity index (χ2n) is 5.28. The summed E-state index contributed by atoms with van der Waals surface area (Å²) in [6, 6.07) is 19.2. The van der Waals surface area contributed by atoms with Gasteiger partial charge in [0.15, 0.2) is 0 Å². The average molecular weight is 402 g/mol. The third-order valence-corrected chi connectivity index (χ3v) is 4.49. The maximum absolute atomic E-state index is 12.1. The van der Waals surface area contributed by atoms with Crippen molar-refractivity contribution in [2.45, 2.75) is 6.42 Å². The fourth-order valence-electron chi connectivity index (χ4n) is 2.46. The lowest BCUT2D eigenvalue weighted by Crippen LogP contribution is -2.19. The van der Waals surface area contributed by atoms with Crippen LogP contribution in [0, 0.1) is 0 Å². The molecular weight excluding hydrogens is 388 g/mol. The summed E-state index contributed by atoms with van der Waals surface area (Å²) in [6.45, 7) is 0. The molecule has 0 atom stereocenters. The number of hydrogen-bond acceptors (Lipinski definition) is 2. The van der Waals surface area contributed by atoms with Gasteiger partial charge in [0.1, 0.15) is 0 Å². The lowest BCUT2D eigenvalue weighted by atomic mass is 10.0. The molecule has 3 rings (SSSR count). The second kappa shape index (κ2) is 7.60. The summed E-state index contributed by atoms with van der Waals surface area (Å²) in [6.07, 6.45) is 1.84. The van der Waals surface area contributed by atoms with Gasteiger partial charge in [0, 0.05) is 9.50 Å². The Bertz CT molecular complexity index is 924. The Morgan fingerprint density at radius 2 is 1.88 bits per heavy atom. The van der Waals surface area contributed by atoms with Crippen LogP contribution >= 0.6 is 27.5 Å². The Balaban J connectivity index is 1.70. The molecule has 0 radical (unpaired) electrons. The topological polar surface area (TPSA) is 41.5 Å². The van der Waals surface area contributed by atoms with Crippen LogP contribution in [-0.2, 0) is 11.2 Å². The van der Waals surface area contributed by atoms with Crippen LogP contribution in [0.2, 0.25) is 5.02 Å². The van der Waals surface area contributed by atoms with E-state index in [0.29, 0.717) is 5.02 Å². The van der Waals surface area contributed by atoms with E-state index in [0.717, 1.165) is 26.4 Å². The molecule has 0 aliphatic rings. The molecule has 0 aliphatic heterocycles. The van der Waals surface area contributed by atoms with E-state index >= 15 is 0 Å². The number of nitrogens with one attached hydrogen (secondary N) is 1. The van der Waals surface area contributed by atoms with Gasteiger partial charge in [-0.05, 0) is 40.1 Å². The van der Waals surface area contributed by atoms with Crippen molar-refractivity contribution in [1.29, 1.82) is 0 Å². The normalized spacial score (nSPS) is 11.1. The lowest BCUT2D eigenvalue weighted by molar-refractivity contribution is -0.120. The maximum atomic E-state index is 12.1. The molecule has 120 valence electrons. The van der Waals surface area contributed by atoms with Crippen molar-refractivity contribution in [1.82, 2.24) is 5.43 Å². The van der Waals surface area contributed by atoms with Crippen LogP contribution in [0.4, 0.5) is 0 Å². The number of fused-ring (bicyclic) bond motifs is 1. The summed E-state index contributed by atoms with van der Waals surface area (Å²) in [5, 5.41) is 6.76. The van der Waals surface area contributed by atoms with Crippen molar-refractivity contribution in [3.05, 3.63) is 81.3 Å². The van der Waals surface area contributed by atoms with Crippen LogP contribution in [-0.4, -0.2) is 12.1 Å². The van der Waals surface area contributed by atoms with Crippen LogP contribution in [0.1, 0.15) is 11.1 Å². The van der Waals surface area contributed by atoms with Crippen LogP contribution in [0.25, 0.3) is 10.8 Å². The summed E-state index contributed by atoms with van der Waals surface area (Å²) in [7, 11) is 0. The number of amides is 1. The van der Waals surface area contributed by atoms with Crippen molar-refractivity contribution in [3.8, 4) is 0 Å². The Hall–Kier alpha value is -2.17. The summed E-state index contributed by atoms with van der Waals surface area (Å²) in [4.78, 5) is 12.1. The molecule has 0 saturated carbocycles. The third-order valence-electron chi connectivity index (χ3n) is 3.56. The zero-order valence-corrected chi connectivity index (χ0v) is 15.0. The Morgan fingerprint density at radius 3 is 2.67 bits per heavy atom. The fraction of sp³-hybridized carbons (Fsp3) is 0.0526. The van der Waals surface area contributed by atoms with Gasteiger partial charge >= 0.3 is 0 Å². The fourth-order valence-corrected chi connectivity index (χ4v) is 3.13. The number of carbonyl (C=O) groups is 1. The standard InChI is InChI=1S/C19H14BrClN2O/c20-18-9-8-14(16-6-1-2-7-17(16)18)11-19(24)23-22-12-13-4-3-5-15(21)10-13/h1-10,12H,11H2,(H,23,24). The van der Waals surface area contributed by atoms with Gasteiger partial charge < -0.3 is 0 Å². The van der Waals surface area contributed by atoms with Gasteiger partial charge in [-0.3, -0.25) is 4.79 Å². The molecule has 0 heterocycles. The highest BCUT2D eigenvalue weighted by atomic mass is 79.9. The van der Waals surface area contributed by atoms with E-state index in [1.54, 1.807) is 18.3 Å².